The molecule has 7 heteroatoms. The Balaban J connectivity index is 1.63. The zero-order valence-corrected chi connectivity index (χ0v) is 18.0. The molecular formula is C25H21N5O2. The van der Waals surface area contributed by atoms with Gasteiger partial charge in [-0.1, -0.05) is 65.8 Å². The summed E-state index contributed by atoms with van der Waals surface area (Å²) in [6.45, 7) is 3.66. The maximum Gasteiger partial charge on any atom is 0.256 e. The predicted molar refractivity (Wildman–Crippen MR) is 123 cm³/mol. The lowest BCUT2D eigenvalue weighted by Gasteiger charge is -2.10. The number of carbonyl (C=O) groups excluding carboxylic acids is 1. The quantitative estimate of drug-likeness (QED) is 0.432. The number of hydrogen-bond donors (Lipinski definition) is 1. The molecule has 0 atom stereocenters. The van der Waals surface area contributed by atoms with E-state index in [-0.39, 0.29) is 5.91 Å². The molecule has 1 amide bonds. The van der Waals surface area contributed by atoms with Crippen molar-refractivity contribution >= 4 is 22.6 Å². The normalized spacial score (nSPS) is 11.1. The van der Waals surface area contributed by atoms with Crippen LogP contribution in [0.5, 0.6) is 0 Å². The number of amides is 1. The third-order valence-corrected chi connectivity index (χ3v) is 5.43. The summed E-state index contributed by atoms with van der Waals surface area (Å²) < 4.78 is 7.10. The van der Waals surface area contributed by atoms with E-state index < -0.39 is 0 Å². The molecule has 0 radical (unpaired) electrons. The SMILES string of the molecule is Cc1onc(-c2ccccc2)c1NC(=O)c1cc(-c2ccccc2)nc2c1c(C)nn2C. The molecule has 1 N–H and O–H groups in total. The minimum absolute atomic E-state index is 0.269. The molecule has 0 aliphatic heterocycles. The van der Waals surface area contributed by atoms with Gasteiger partial charge in [-0.2, -0.15) is 5.10 Å². The van der Waals surface area contributed by atoms with Crippen LogP contribution in [0.4, 0.5) is 5.69 Å². The Kier molecular flexibility index (Phi) is 4.78. The van der Waals surface area contributed by atoms with Gasteiger partial charge in [-0.3, -0.25) is 9.48 Å². The van der Waals surface area contributed by atoms with E-state index in [0.29, 0.717) is 34.0 Å². The second-order valence-corrected chi connectivity index (χ2v) is 7.61. The van der Waals surface area contributed by atoms with Gasteiger partial charge in [0.15, 0.2) is 11.4 Å². The first-order valence-electron chi connectivity index (χ1n) is 10.3. The highest BCUT2D eigenvalue weighted by atomic mass is 16.5. The van der Waals surface area contributed by atoms with Crippen LogP contribution >= 0.6 is 0 Å². The monoisotopic (exact) mass is 423 g/mol. The average molecular weight is 423 g/mol. The van der Waals surface area contributed by atoms with Gasteiger partial charge in [-0.05, 0) is 19.9 Å². The zero-order valence-electron chi connectivity index (χ0n) is 18.0. The lowest BCUT2D eigenvalue weighted by atomic mass is 10.0. The highest BCUT2D eigenvalue weighted by molar-refractivity contribution is 6.14. The van der Waals surface area contributed by atoms with Crippen molar-refractivity contribution in [1.82, 2.24) is 19.9 Å². The highest BCUT2D eigenvalue weighted by Gasteiger charge is 2.22. The van der Waals surface area contributed by atoms with Crippen LogP contribution in [0, 0.1) is 13.8 Å². The maximum atomic E-state index is 13.6. The number of rotatable bonds is 4. The van der Waals surface area contributed by atoms with Gasteiger partial charge < -0.3 is 9.84 Å². The van der Waals surface area contributed by atoms with E-state index in [0.717, 1.165) is 22.2 Å². The van der Waals surface area contributed by atoms with Crippen LogP contribution in [0.3, 0.4) is 0 Å². The number of aryl methyl sites for hydroxylation is 3. The largest absolute Gasteiger partial charge is 0.359 e. The molecule has 2 aromatic carbocycles. The molecule has 0 saturated heterocycles. The third-order valence-electron chi connectivity index (χ3n) is 5.43. The van der Waals surface area contributed by atoms with E-state index in [2.05, 4.69) is 15.6 Å². The van der Waals surface area contributed by atoms with Crippen molar-refractivity contribution in [3.05, 3.63) is 83.7 Å². The molecule has 0 unspecified atom stereocenters. The zero-order chi connectivity index (χ0) is 22.2. The summed E-state index contributed by atoms with van der Waals surface area (Å²) in [5.74, 6) is 0.267. The summed E-state index contributed by atoms with van der Waals surface area (Å²) in [6.07, 6.45) is 0. The summed E-state index contributed by atoms with van der Waals surface area (Å²) >= 11 is 0. The van der Waals surface area contributed by atoms with Crippen molar-refractivity contribution in [2.75, 3.05) is 5.32 Å². The minimum Gasteiger partial charge on any atom is -0.359 e. The number of carbonyl (C=O) groups is 1. The van der Waals surface area contributed by atoms with Gasteiger partial charge in [0.25, 0.3) is 5.91 Å². The Hall–Kier alpha value is -4.26. The molecule has 32 heavy (non-hydrogen) atoms. The van der Waals surface area contributed by atoms with Crippen LogP contribution < -0.4 is 5.32 Å². The number of aromatic nitrogens is 4. The van der Waals surface area contributed by atoms with Gasteiger partial charge in [-0.15, -0.1) is 0 Å². The molecular weight excluding hydrogens is 402 g/mol. The van der Waals surface area contributed by atoms with Crippen molar-refractivity contribution in [3.63, 3.8) is 0 Å². The van der Waals surface area contributed by atoms with Crippen molar-refractivity contribution in [3.8, 4) is 22.5 Å². The Morgan fingerprint density at radius 2 is 1.62 bits per heavy atom. The van der Waals surface area contributed by atoms with E-state index in [1.54, 1.807) is 11.6 Å². The number of pyridine rings is 1. The lowest BCUT2D eigenvalue weighted by molar-refractivity contribution is 0.102. The molecule has 3 heterocycles. The van der Waals surface area contributed by atoms with Crippen LogP contribution in [0.2, 0.25) is 0 Å². The molecule has 158 valence electrons. The van der Waals surface area contributed by atoms with E-state index in [1.807, 2.05) is 80.7 Å². The van der Waals surface area contributed by atoms with Crippen LogP contribution in [-0.2, 0) is 7.05 Å². The fourth-order valence-electron chi connectivity index (χ4n) is 3.87. The van der Waals surface area contributed by atoms with Crippen LogP contribution in [0.15, 0.2) is 71.3 Å². The summed E-state index contributed by atoms with van der Waals surface area (Å²) in [6, 6.07) is 21.2. The summed E-state index contributed by atoms with van der Waals surface area (Å²) in [5, 5.41) is 12.4. The summed E-state index contributed by atoms with van der Waals surface area (Å²) in [5.41, 5.74) is 5.53. The summed E-state index contributed by atoms with van der Waals surface area (Å²) in [7, 11) is 1.83. The Morgan fingerprint density at radius 1 is 0.969 bits per heavy atom. The maximum absolute atomic E-state index is 13.6. The van der Waals surface area contributed by atoms with Gasteiger partial charge >= 0.3 is 0 Å². The first-order chi connectivity index (χ1) is 15.5. The Morgan fingerprint density at radius 3 is 2.31 bits per heavy atom. The molecule has 0 fully saturated rings. The average Bonchev–Trinajstić information content (AvgIpc) is 3.33. The number of hydrogen-bond acceptors (Lipinski definition) is 5. The van der Waals surface area contributed by atoms with E-state index in [9.17, 15) is 4.79 Å². The van der Waals surface area contributed by atoms with Crippen LogP contribution in [0.1, 0.15) is 21.8 Å². The molecule has 0 aliphatic carbocycles. The predicted octanol–water partition coefficient (Wildman–Crippen LogP) is 5.16. The van der Waals surface area contributed by atoms with Gasteiger partial charge in [0, 0.05) is 18.2 Å². The third kappa shape index (κ3) is 3.33. The number of fused-ring (bicyclic) bond motifs is 1. The van der Waals surface area contributed by atoms with E-state index in [1.165, 1.54) is 0 Å². The van der Waals surface area contributed by atoms with Gasteiger partial charge in [0.05, 0.1) is 22.3 Å². The topological polar surface area (TPSA) is 85.8 Å². The standard InChI is InChI=1S/C25H21N5O2/c1-15-21-19(14-20(17-10-6-4-7-11-17)26-24(21)30(3)28-15)25(31)27-22-16(2)32-29-23(22)18-12-8-5-9-13-18/h4-14H,1-3H3,(H,27,31). The second-order valence-electron chi connectivity index (χ2n) is 7.61. The lowest BCUT2D eigenvalue weighted by Crippen LogP contribution is -2.14. The van der Waals surface area contributed by atoms with Crippen molar-refractivity contribution in [2.45, 2.75) is 13.8 Å². The molecule has 3 aromatic heterocycles. The molecule has 0 saturated carbocycles. The highest BCUT2D eigenvalue weighted by Crippen LogP contribution is 2.32. The smallest absolute Gasteiger partial charge is 0.256 e. The summed E-state index contributed by atoms with van der Waals surface area (Å²) in [4.78, 5) is 18.3. The molecule has 5 aromatic rings. The van der Waals surface area contributed by atoms with Gasteiger partial charge in [-0.25, -0.2) is 4.98 Å². The van der Waals surface area contributed by atoms with Gasteiger partial charge in [0.1, 0.15) is 11.4 Å². The molecule has 0 aliphatic rings. The van der Waals surface area contributed by atoms with E-state index >= 15 is 0 Å². The first kappa shape index (κ1) is 19.7. The molecule has 5 rings (SSSR count). The fourth-order valence-corrected chi connectivity index (χ4v) is 3.87. The van der Waals surface area contributed by atoms with Crippen LogP contribution in [0.25, 0.3) is 33.5 Å². The van der Waals surface area contributed by atoms with Crippen LogP contribution in [-0.4, -0.2) is 25.8 Å². The number of nitrogens with one attached hydrogen (secondary N) is 1. The van der Waals surface area contributed by atoms with Crippen molar-refractivity contribution < 1.29 is 9.32 Å². The number of anilines is 1. The molecule has 0 bridgehead atoms. The van der Waals surface area contributed by atoms with Gasteiger partial charge in [0.2, 0.25) is 0 Å². The first-order valence-corrected chi connectivity index (χ1v) is 10.3. The Labute approximate surface area is 184 Å². The minimum atomic E-state index is -0.269. The second kappa shape index (κ2) is 7.77. The molecule has 7 nitrogen and oxygen atoms in total. The van der Waals surface area contributed by atoms with E-state index in [4.69, 9.17) is 9.51 Å². The number of benzene rings is 2. The molecule has 0 spiro atoms. The van der Waals surface area contributed by atoms with Crippen molar-refractivity contribution in [2.24, 2.45) is 7.05 Å². The van der Waals surface area contributed by atoms with Crippen molar-refractivity contribution in [1.29, 1.82) is 0 Å². The Bertz CT molecular complexity index is 1440. The fraction of sp³-hybridized carbons (Fsp3) is 0.120. The number of nitrogens with zero attached hydrogens (tertiary/aromatic N) is 4.